The maximum atomic E-state index is 13.7. The van der Waals surface area contributed by atoms with Gasteiger partial charge in [0.05, 0.1) is 30.7 Å². The van der Waals surface area contributed by atoms with Gasteiger partial charge in [-0.05, 0) is 37.0 Å². The number of likely N-dealkylation sites (tertiary alicyclic amines) is 1. The van der Waals surface area contributed by atoms with Gasteiger partial charge in [-0.3, -0.25) is 14.4 Å². The molecule has 1 saturated carbocycles. The molecule has 2 amide bonds. The second kappa shape index (κ2) is 9.70. The zero-order valence-electron chi connectivity index (χ0n) is 18.5. The molecule has 0 radical (unpaired) electrons. The second-order valence-corrected chi connectivity index (χ2v) is 8.86. The molecule has 3 atom stereocenters. The molecule has 4 rings (SSSR count). The van der Waals surface area contributed by atoms with Crippen LogP contribution in [0, 0.1) is 23.2 Å². The molecule has 2 aliphatic heterocycles. The van der Waals surface area contributed by atoms with Crippen LogP contribution in [0.4, 0.5) is 0 Å². The molecule has 0 bridgehead atoms. The maximum Gasteiger partial charge on any atom is 0.311 e. The van der Waals surface area contributed by atoms with E-state index >= 15 is 0 Å². The van der Waals surface area contributed by atoms with Crippen LogP contribution in [-0.4, -0.2) is 66.9 Å². The molecular formula is C24H30N4O4. The lowest BCUT2D eigenvalue weighted by atomic mass is 9.92. The van der Waals surface area contributed by atoms with Gasteiger partial charge >= 0.3 is 5.97 Å². The summed E-state index contributed by atoms with van der Waals surface area (Å²) in [5, 5.41) is 12.4. The number of nitrogens with one attached hydrogen (secondary N) is 1. The first kappa shape index (κ1) is 22.3. The predicted molar refractivity (Wildman–Crippen MR) is 116 cm³/mol. The second-order valence-electron chi connectivity index (χ2n) is 8.86. The minimum atomic E-state index is -0.689. The van der Waals surface area contributed by atoms with Crippen molar-refractivity contribution in [3.05, 3.63) is 35.4 Å². The van der Waals surface area contributed by atoms with E-state index in [2.05, 4.69) is 11.4 Å². The molecule has 3 fully saturated rings. The molecule has 2 heterocycles. The lowest BCUT2D eigenvalue weighted by molar-refractivity contribution is -0.150. The van der Waals surface area contributed by atoms with Crippen molar-refractivity contribution in [1.29, 1.82) is 5.26 Å². The van der Waals surface area contributed by atoms with Crippen molar-refractivity contribution in [2.24, 2.45) is 11.8 Å². The molecule has 3 aliphatic rings. The number of carbonyl (C=O) groups is 3. The number of benzene rings is 1. The molecule has 170 valence electrons. The Kier molecular flexibility index (Phi) is 6.75. The van der Waals surface area contributed by atoms with Gasteiger partial charge < -0.3 is 19.9 Å². The third kappa shape index (κ3) is 4.22. The van der Waals surface area contributed by atoms with Gasteiger partial charge in [0.15, 0.2) is 0 Å². The zero-order chi connectivity index (χ0) is 22.7. The van der Waals surface area contributed by atoms with E-state index in [1.807, 2.05) is 0 Å². The summed E-state index contributed by atoms with van der Waals surface area (Å²) < 4.78 is 5.09. The largest absolute Gasteiger partial charge is 0.469 e. The average molecular weight is 439 g/mol. The highest BCUT2D eigenvalue weighted by Gasteiger charge is 2.52. The summed E-state index contributed by atoms with van der Waals surface area (Å²) in [7, 11) is 1.34. The molecule has 3 unspecified atom stereocenters. The van der Waals surface area contributed by atoms with Gasteiger partial charge in [0, 0.05) is 32.1 Å². The average Bonchev–Trinajstić information content (AvgIpc) is 3.52. The Balaban J connectivity index is 1.74. The van der Waals surface area contributed by atoms with Crippen molar-refractivity contribution >= 4 is 17.8 Å². The lowest BCUT2D eigenvalue weighted by Crippen LogP contribution is -2.54. The number of ether oxygens (including phenoxy) is 1. The van der Waals surface area contributed by atoms with Crippen molar-refractivity contribution in [3.63, 3.8) is 0 Å². The molecule has 2 saturated heterocycles. The molecule has 1 aromatic carbocycles. The Labute approximate surface area is 188 Å². The normalized spacial score (nSPS) is 26.1. The minimum Gasteiger partial charge on any atom is -0.469 e. The van der Waals surface area contributed by atoms with Crippen LogP contribution in [0.15, 0.2) is 24.3 Å². The number of esters is 1. The third-order valence-corrected chi connectivity index (χ3v) is 7.05. The number of nitrogens with zero attached hydrogens (tertiary/aromatic N) is 3. The molecule has 8 heteroatoms. The number of hydrogen-bond acceptors (Lipinski definition) is 6. The highest BCUT2D eigenvalue weighted by Crippen LogP contribution is 2.44. The molecule has 1 aliphatic carbocycles. The van der Waals surface area contributed by atoms with Crippen molar-refractivity contribution in [1.82, 2.24) is 15.1 Å². The fourth-order valence-corrected chi connectivity index (χ4v) is 5.38. The first-order valence-corrected chi connectivity index (χ1v) is 11.4. The standard InChI is InChI=1S/C24H30N4O4/c1-32-24(31)19-14-20(23(30)27-12-10-26-11-13-27)28(22(29)18-4-2-3-5-18)21(19)17-8-6-16(15-25)7-9-17/h6-9,18-21,26H,2-5,10-14H2,1H3. The van der Waals surface area contributed by atoms with E-state index in [1.165, 1.54) is 7.11 Å². The van der Waals surface area contributed by atoms with Crippen LogP contribution in [0.25, 0.3) is 0 Å². The molecule has 1 N–H and O–H groups in total. The van der Waals surface area contributed by atoms with Gasteiger partial charge in [-0.25, -0.2) is 0 Å². The van der Waals surface area contributed by atoms with E-state index < -0.39 is 24.0 Å². The summed E-state index contributed by atoms with van der Waals surface area (Å²) in [5.74, 6) is -1.31. The predicted octanol–water partition coefficient (Wildman–Crippen LogP) is 1.61. The van der Waals surface area contributed by atoms with Crippen molar-refractivity contribution < 1.29 is 19.1 Å². The van der Waals surface area contributed by atoms with Crippen LogP contribution in [0.2, 0.25) is 0 Å². The van der Waals surface area contributed by atoms with E-state index in [9.17, 15) is 19.6 Å². The maximum absolute atomic E-state index is 13.7. The van der Waals surface area contributed by atoms with E-state index in [1.54, 1.807) is 34.1 Å². The van der Waals surface area contributed by atoms with Crippen LogP contribution < -0.4 is 5.32 Å². The number of carbonyl (C=O) groups excluding carboxylic acids is 3. The Morgan fingerprint density at radius 3 is 2.31 bits per heavy atom. The van der Waals surface area contributed by atoms with Gasteiger partial charge in [0.25, 0.3) is 0 Å². The number of rotatable bonds is 4. The molecule has 8 nitrogen and oxygen atoms in total. The van der Waals surface area contributed by atoms with Crippen LogP contribution in [-0.2, 0) is 19.1 Å². The van der Waals surface area contributed by atoms with Crippen LogP contribution in [0.5, 0.6) is 0 Å². The molecule has 0 spiro atoms. The SMILES string of the molecule is COC(=O)C1CC(C(=O)N2CCNCC2)N(C(=O)C2CCCC2)C1c1ccc(C#N)cc1. The molecule has 0 aromatic heterocycles. The number of hydrogen-bond donors (Lipinski definition) is 1. The highest BCUT2D eigenvalue weighted by molar-refractivity contribution is 5.91. The van der Waals surface area contributed by atoms with E-state index in [0.29, 0.717) is 31.7 Å². The Morgan fingerprint density at radius 1 is 1.06 bits per heavy atom. The number of methoxy groups -OCH3 is 1. The molecule has 32 heavy (non-hydrogen) atoms. The van der Waals surface area contributed by atoms with Gasteiger partial charge in [0.1, 0.15) is 6.04 Å². The third-order valence-electron chi connectivity index (χ3n) is 7.05. The first-order chi connectivity index (χ1) is 15.5. The smallest absolute Gasteiger partial charge is 0.311 e. The summed E-state index contributed by atoms with van der Waals surface area (Å²) in [4.78, 5) is 43.6. The van der Waals surface area contributed by atoms with Gasteiger partial charge in [-0.15, -0.1) is 0 Å². The zero-order valence-corrected chi connectivity index (χ0v) is 18.5. The highest BCUT2D eigenvalue weighted by atomic mass is 16.5. The summed E-state index contributed by atoms with van der Waals surface area (Å²) >= 11 is 0. The fraction of sp³-hybridized carbons (Fsp3) is 0.583. The van der Waals surface area contributed by atoms with Gasteiger partial charge in [0.2, 0.25) is 11.8 Å². The summed E-state index contributed by atoms with van der Waals surface area (Å²) in [6, 6.07) is 7.77. The summed E-state index contributed by atoms with van der Waals surface area (Å²) in [6.07, 6.45) is 3.88. The van der Waals surface area contributed by atoms with Crippen molar-refractivity contribution in [3.8, 4) is 6.07 Å². The Bertz CT molecular complexity index is 898. The number of amides is 2. The Morgan fingerprint density at radius 2 is 1.72 bits per heavy atom. The van der Waals surface area contributed by atoms with E-state index in [-0.39, 0.29) is 24.2 Å². The first-order valence-electron chi connectivity index (χ1n) is 11.4. The molecular weight excluding hydrogens is 408 g/mol. The number of piperazine rings is 1. The Hall–Kier alpha value is -2.92. The van der Waals surface area contributed by atoms with E-state index in [4.69, 9.17) is 4.74 Å². The van der Waals surface area contributed by atoms with Gasteiger partial charge in [-0.2, -0.15) is 5.26 Å². The quantitative estimate of drug-likeness (QED) is 0.717. The lowest BCUT2D eigenvalue weighted by Gasteiger charge is -2.36. The summed E-state index contributed by atoms with van der Waals surface area (Å²) in [5.41, 5.74) is 1.25. The van der Waals surface area contributed by atoms with Crippen molar-refractivity contribution in [2.75, 3.05) is 33.3 Å². The van der Waals surface area contributed by atoms with Gasteiger partial charge in [-0.1, -0.05) is 25.0 Å². The fourth-order valence-electron chi connectivity index (χ4n) is 5.38. The topological polar surface area (TPSA) is 103 Å². The van der Waals surface area contributed by atoms with E-state index in [0.717, 1.165) is 31.2 Å². The number of nitriles is 1. The van der Waals surface area contributed by atoms with Crippen LogP contribution in [0.1, 0.15) is 49.3 Å². The molecule has 1 aromatic rings. The summed E-state index contributed by atoms with van der Waals surface area (Å²) in [6.45, 7) is 2.61. The van der Waals surface area contributed by atoms with Crippen LogP contribution >= 0.6 is 0 Å². The van der Waals surface area contributed by atoms with Crippen molar-refractivity contribution in [2.45, 2.75) is 44.2 Å². The van der Waals surface area contributed by atoms with Crippen LogP contribution in [0.3, 0.4) is 0 Å². The minimum absolute atomic E-state index is 0.0447. The monoisotopic (exact) mass is 438 g/mol.